The summed E-state index contributed by atoms with van der Waals surface area (Å²) in [6.07, 6.45) is 28.4. The zero-order valence-electron chi connectivity index (χ0n) is 38.8. The van der Waals surface area contributed by atoms with Crippen LogP contribution in [-0.2, 0) is 16.8 Å². The van der Waals surface area contributed by atoms with Gasteiger partial charge in [0.2, 0.25) is 11.4 Å². The molecule has 0 fully saturated rings. The molecule has 1 aromatic heterocycles. The van der Waals surface area contributed by atoms with Gasteiger partial charge in [0.25, 0.3) is 5.52 Å². The summed E-state index contributed by atoms with van der Waals surface area (Å²) < 4.78 is 15.2. The topological polar surface area (TPSA) is 66.8 Å². The van der Waals surface area contributed by atoms with Crippen molar-refractivity contribution in [1.29, 1.82) is 0 Å². The van der Waals surface area contributed by atoms with Crippen LogP contribution in [0.15, 0.2) is 87.7 Å². The van der Waals surface area contributed by atoms with Gasteiger partial charge < -0.3 is 19.2 Å². The molecular formula is C55H77N2O4+. The average Bonchev–Trinajstić information content (AvgIpc) is 3.71. The molecule has 2 aliphatic rings. The van der Waals surface area contributed by atoms with E-state index < -0.39 is 5.41 Å². The Morgan fingerprint density at radius 3 is 2.02 bits per heavy atom. The second kappa shape index (κ2) is 22.7. The van der Waals surface area contributed by atoms with Crippen molar-refractivity contribution < 1.29 is 23.6 Å². The van der Waals surface area contributed by atoms with Crippen LogP contribution in [0.2, 0.25) is 0 Å². The lowest BCUT2D eigenvalue weighted by molar-refractivity contribution is -0.678. The summed E-state index contributed by atoms with van der Waals surface area (Å²) in [5, 5.41) is 14.0. The first-order valence-electron chi connectivity index (χ1n) is 24.5. The van der Waals surface area contributed by atoms with Gasteiger partial charge >= 0.3 is 5.89 Å². The molecule has 1 aliphatic heterocycles. The van der Waals surface area contributed by atoms with Crippen molar-refractivity contribution in [2.45, 2.75) is 182 Å². The molecule has 0 amide bonds. The lowest BCUT2D eigenvalue weighted by Gasteiger charge is -2.29. The second-order valence-corrected chi connectivity index (χ2v) is 18.6. The van der Waals surface area contributed by atoms with Crippen LogP contribution in [0, 0.1) is 5.92 Å². The van der Waals surface area contributed by atoms with Crippen LogP contribution >= 0.6 is 0 Å². The Morgan fingerprint density at radius 2 is 1.38 bits per heavy atom. The lowest BCUT2D eigenvalue weighted by Crippen LogP contribution is -2.36. The molecule has 61 heavy (non-hydrogen) atoms. The van der Waals surface area contributed by atoms with E-state index in [4.69, 9.17) is 9.15 Å². The summed E-state index contributed by atoms with van der Waals surface area (Å²) in [7, 11) is 0. The number of allylic oxidation sites excluding steroid dienone is 4. The lowest BCUT2D eigenvalue weighted by atomic mass is 9.80. The van der Waals surface area contributed by atoms with Crippen molar-refractivity contribution in [3.05, 3.63) is 94.7 Å². The quantitative estimate of drug-likeness (QED) is 0.0368. The first kappa shape index (κ1) is 46.2. The molecule has 0 spiro atoms. The van der Waals surface area contributed by atoms with Gasteiger partial charge in [0, 0.05) is 35.8 Å². The number of fused-ring (bicyclic) bond motifs is 3. The number of Topliss-reactive ketones (excluding diaryl/α,β-unsaturated/α-hetero) is 1. The van der Waals surface area contributed by atoms with E-state index in [1.807, 2.05) is 12.1 Å². The molecule has 330 valence electrons. The minimum absolute atomic E-state index is 0.0437. The maximum absolute atomic E-state index is 14.2. The number of ether oxygens (including phenoxy) is 1. The largest absolute Gasteiger partial charge is 0.506 e. The third kappa shape index (κ3) is 11.4. The highest BCUT2D eigenvalue weighted by molar-refractivity contribution is 6.23. The predicted octanol–water partition coefficient (Wildman–Crippen LogP) is 15.2. The molecular weight excluding hydrogens is 753 g/mol. The number of benzene rings is 3. The van der Waals surface area contributed by atoms with Crippen molar-refractivity contribution in [2.24, 2.45) is 5.92 Å². The number of aryl methyl sites for hydroxylation is 1. The van der Waals surface area contributed by atoms with E-state index in [0.29, 0.717) is 23.0 Å². The molecule has 0 bridgehead atoms. The Kier molecular flexibility index (Phi) is 17.2. The number of nitrogens with zero attached hydrogens (tertiary/aromatic N) is 2. The highest BCUT2D eigenvalue weighted by Crippen LogP contribution is 2.50. The van der Waals surface area contributed by atoms with E-state index in [1.54, 1.807) is 6.08 Å². The number of aliphatic hydroxyl groups excluding tert-OH is 1. The van der Waals surface area contributed by atoms with E-state index in [9.17, 15) is 9.90 Å². The number of rotatable bonds is 27. The smallest absolute Gasteiger partial charge is 0.374 e. The Bertz CT molecular complexity index is 2150. The number of ketones is 1. The third-order valence-corrected chi connectivity index (χ3v) is 13.5. The molecule has 0 saturated heterocycles. The molecule has 2 heterocycles. The van der Waals surface area contributed by atoms with Crippen LogP contribution in [0.5, 0.6) is 5.75 Å². The zero-order chi connectivity index (χ0) is 43.2. The molecule has 3 aromatic carbocycles. The van der Waals surface area contributed by atoms with E-state index >= 15 is 0 Å². The van der Waals surface area contributed by atoms with Crippen LogP contribution in [-0.4, -0.2) is 24.0 Å². The highest BCUT2D eigenvalue weighted by Gasteiger charge is 2.43. The van der Waals surface area contributed by atoms with Crippen molar-refractivity contribution in [1.82, 2.24) is 0 Å². The molecule has 1 unspecified atom stereocenters. The molecule has 6 rings (SSSR count). The van der Waals surface area contributed by atoms with E-state index in [0.717, 1.165) is 78.7 Å². The molecule has 6 heteroatoms. The Labute approximate surface area is 368 Å². The summed E-state index contributed by atoms with van der Waals surface area (Å²) in [5.41, 5.74) is 5.52. The van der Waals surface area contributed by atoms with Crippen LogP contribution in [0.3, 0.4) is 0 Å². The number of unbranched alkanes of at least 4 members (excludes halogenated alkanes) is 15. The van der Waals surface area contributed by atoms with E-state index in [-0.39, 0.29) is 11.5 Å². The van der Waals surface area contributed by atoms with Gasteiger partial charge in [0.1, 0.15) is 11.5 Å². The number of carbonyl (C=O) groups excluding carboxylic acids is 1. The number of hydrogen-bond donors (Lipinski definition) is 1. The van der Waals surface area contributed by atoms with Gasteiger partial charge in [0.05, 0.1) is 23.8 Å². The van der Waals surface area contributed by atoms with Crippen LogP contribution in [0.1, 0.15) is 181 Å². The van der Waals surface area contributed by atoms with Crippen molar-refractivity contribution in [2.75, 3.05) is 18.1 Å². The summed E-state index contributed by atoms with van der Waals surface area (Å²) in [6, 6.07) is 19.2. The van der Waals surface area contributed by atoms with Crippen LogP contribution in [0.4, 0.5) is 5.69 Å². The third-order valence-electron chi connectivity index (χ3n) is 13.5. The molecule has 1 atom stereocenters. The van der Waals surface area contributed by atoms with Crippen molar-refractivity contribution in [3.8, 4) is 5.75 Å². The number of aliphatic hydroxyl groups is 1. The highest BCUT2D eigenvalue weighted by atomic mass is 16.5. The van der Waals surface area contributed by atoms with Gasteiger partial charge in [-0.15, -0.1) is 0 Å². The minimum Gasteiger partial charge on any atom is -0.506 e. The van der Waals surface area contributed by atoms with Gasteiger partial charge in [-0.3, -0.25) is 4.79 Å². The summed E-state index contributed by atoms with van der Waals surface area (Å²) in [4.78, 5) is 16.6. The standard InChI is InChI=1S/C55H76N2O4/c1-7-11-14-16-18-20-22-26-33-56-48-32-31-44(60-40-41(10-4)28-13-9-3)37-47(48)55(5,6)51(56)38-45-53(58)46(54(45)59)39-52-57(34-27-23-21-19-17-15-12-8-2)49-35-42-29-24-25-30-43(42)36-50(49)61-52/h24-25,29-32,35-39,41H,7-23,26-28,33-34,40H2,1-6H3/p+1. The molecule has 6 nitrogen and oxygen atoms in total. The fourth-order valence-corrected chi connectivity index (χ4v) is 9.46. The Hall–Kier alpha value is -4.32. The Balaban J connectivity index is 1.27. The SMILES string of the molecule is CCCCCCCCCCN1C(=CC2=C(O)C(=Cc3oc4cc5ccccc5cc4[n+]3CCCCCCCCCC)C2=O)C(C)(C)c2cc(OCC(CC)CCCC)ccc21. The van der Waals surface area contributed by atoms with Gasteiger partial charge in [-0.1, -0.05) is 169 Å². The number of aromatic nitrogens is 1. The predicted molar refractivity (Wildman–Crippen MR) is 255 cm³/mol. The fraction of sp³-hybridized carbons (Fsp3) is 0.564. The van der Waals surface area contributed by atoms with Gasteiger partial charge in [-0.2, -0.15) is 4.57 Å². The number of anilines is 1. The maximum atomic E-state index is 14.2. The monoisotopic (exact) mass is 830 g/mol. The van der Waals surface area contributed by atoms with Gasteiger partial charge in [0.15, 0.2) is 6.54 Å². The molecule has 4 aromatic rings. The van der Waals surface area contributed by atoms with Crippen LogP contribution in [0.25, 0.3) is 27.9 Å². The molecule has 0 radical (unpaired) electrons. The minimum atomic E-state index is -0.395. The van der Waals surface area contributed by atoms with Crippen molar-refractivity contribution in [3.63, 3.8) is 0 Å². The van der Waals surface area contributed by atoms with E-state index in [2.05, 4.69) is 99.5 Å². The number of hydrogen-bond acceptors (Lipinski definition) is 5. The summed E-state index contributed by atoms with van der Waals surface area (Å²) in [5.74, 6) is 1.96. The molecule has 1 aliphatic carbocycles. The van der Waals surface area contributed by atoms with E-state index in [1.165, 1.54) is 114 Å². The summed E-state index contributed by atoms with van der Waals surface area (Å²) >= 11 is 0. The van der Waals surface area contributed by atoms with Gasteiger partial charge in [-0.05, 0) is 71.9 Å². The molecule has 0 saturated carbocycles. The van der Waals surface area contributed by atoms with Gasteiger partial charge in [-0.25, -0.2) is 0 Å². The maximum Gasteiger partial charge on any atom is 0.374 e. The second-order valence-electron chi connectivity index (χ2n) is 18.6. The Morgan fingerprint density at radius 1 is 0.754 bits per heavy atom. The number of oxazole rings is 1. The van der Waals surface area contributed by atoms with Crippen molar-refractivity contribution >= 4 is 39.4 Å². The first-order chi connectivity index (χ1) is 29.7. The molecule has 1 N–H and O–H groups in total. The number of carbonyl (C=O) groups is 1. The fourth-order valence-electron chi connectivity index (χ4n) is 9.46. The zero-order valence-corrected chi connectivity index (χ0v) is 38.8. The average molecular weight is 830 g/mol. The first-order valence-corrected chi connectivity index (χ1v) is 24.5. The van der Waals surface area contributed by atoms with Crippen LogP contribution < -0.4 is 14.2 Å². The summed E-state index contributed by atoms with van der Waals surface area (Å²) in [6.45, 7) is 15.9. The normalized spacial score (nSPS) is 16.7.